The Hall–Kier alpha value is -5.86. The van der Waals surface area contributed by atoms with Crippen LogP contribution in [0.25, 0.3) is 49.7 Å². The molecule has 0 spiro atoms. The molecule has 7 aromatic carbocycles. The Morgan fingerprint density at radius 2 is 1.21 bits per heavy atom. The zero-order chi connectivity index (χ0) is 35.0. The Kier molecular flexibility index (Phi) is 7.05. The molecule has 252 valence electrons. The summed E-state index contributed by atoms with van der Waals surface area (Å²) < 4.78 is 2.48. The molecule has 0 bridgehead atoms. The number of aromatic nitrogens is 1. The van der Waals surface area contributed by atoms with Gasteiger partial charge in [0, 0.05) is 27.6 Å². The molecule has 1 saturated carbocycles. The maximum Gasteiger partial charge on any atom is 0.0541 e. The Morgan fingerprint density at radius 1 is 0.519 bits per heavy atom. The number of anilines is 3. The van der Waals surface area contributed by atoms with Crippen LogP contribution in [-0.2, 0) is 5.41 Å². The van der Waals surface area contributed by atoms with Gasteiger partial charge in [0.2, 0.25) is 0 Å². The van der Waals surface area contributed by atoms with Crippen LogP contribution in [0.3, 0.4) is 0 Å². The standard InChI is InChI=1S/C50H42N2/c1-33-14-7-8-19-39(33)42-32-38(26-27-40(42)34-15-13-16-34)52-46-22-11-9-20-41(46)43-30-35(24-28-47(43)52)36-25-29-49-45(31-36)50(2,3)44-21-10-12-23-48(44)51(49)37-17-5-4-6-18-37/h4-12,14,17-32,34H,13,15-16H2,1-3H3. The van der Waals surface area contributed by atoms with E-state index in [1.165, 1.54) is 108 Å². The molecular formula is C50H42N2. The Morgan fingerprint density at radius 3 is 2.04 bits per heavy atom. The number of fused-ring (bicyclic) bond motifs is 5. The second-order valence-corrected chi connectivity index (χ2v) is 15.3. The average molecular weight is 671 g/mol. The average Bonchev–Trinajstić information content (AvgIpc) is 3.49. The molecule has 2 aliphatic rings. The summed E-state index contributed by atoms with van der Waals surface area (Å²) in [6.45, 7) is 6.98. The van der Waals surface area contributed by atoms with Crippen LogP contribution in [0.15, 0.2) is 158 Å². The highest BCUT2D eigenvalue weighted by atomic mass is 15.2. The predicted molar refractivity (Wildman–Crippen MR) is 220 cm³/mol. The summed E-state index contributed by atoms with van der Waals surface area (Å²) in [7, 11) is 0. The molecule has 2 heterocycles. The molecule has 10 rings (SSSR count). The molecule has 8 aromatic rings. The second kappa shape index (κ2) is 11.9. The van der Waals surface area contributed by atoms with Crippen molar-refractivity contribution in [3.63, 3.8) is 0 Å². The third-order valence-corrected chi connectivity index (χ3v) is 12.0. The van der Waals surface area contributed by atoms with Gasteiger partial charge in [-0.25, -0.2) is 0 Å². The minimum Gasteiger partial charge on any atom is -0.310 e. The number of hydrogen-bond donors (Lipinski definition) is 0. The van der Waals surface area contributed by atoms with Crippen LogP contribution in [0.4, 0.5) is 17.1 Å². The molecule has 0 radical (unpaired) electrons. The molecule has 0 unspecified atom stereocenters. The molecule has 0 amide bonds. The lowest BCUT2D eigenvalue weighted by Crippen LogP contribution is -2.30. The topological polar surface area (TPSA) is 8.17 Å². The monoisotopic (exact) mass is 670 g/mol. The van der Waals surface area contributed by atoms with Crippen LogP contribution in [0.1, 0.15) is 61.3 Å². The lowest BCUT2D eigenvalue weighted by atomic mass is 9.73. The van der Waals surface area contributed by atoms with Crippen molar-refractivity contribution in [2.45, 2.75) is 51.4 Å². The van der Waals surface area contributed by atoms with E-state index in [0.29, 0.717) is 5.92 Å². The second-order valence-electron chi connectivity index (χ2n) is 15.3. The maximum absolute atomic E-state index is 2.48. The maximum atomic E-state index is 2.48. The summed E-state index contributed by atoms with van der Waals surface area (Å²) in [5.74, 6) is 0.652. The van der Waals surface area contributed by atoms with Crippen molar-refractivity contribution in [2.24, 2.45) is 0 Å². The van der Waals surface area contributed by atoms with Gasteiger partial charge in [0.25, 0.3) is 0 Å². The van der Waals surface area contributed by atoms with Gasteiger partial charge in [0.1, 0.15) is 0 Å². The van der Waals surface area contributed by atoms with Crippen LogP contribution in [0, 0.1) is 6.92 Å². The Bertz CT molecular complexity index is 2650. The minimum atomic E-state index is -0.159. The van der Waals surface area contributed by atoms with Crippen molar-refractivity contribution in [1.82, 2.24) is 4.57 Å². The van der Waals surface area contributed by atoms with Gasteiger partial charge in [-0.2, -0.15) is 0 Å². The fourth-order valence-corrected chi connectivity index (χ4v) is 9.04. The van der Waals surface area contributed by atoms with E-state index in [-0.39, 0.29) is 5.41 Å². The molecule has 0 atom stereocenters. The summed E-state index contributed by atoms with van der Waals surface area (Å²) in [6.07, 6.45) is 3.90. The molecule has 0 saturated heterocycles. The van der Waals surface area contributed by atoms with Gasteiger partial charge in [-0.15, -0.1) is 0 Å². The van der Waals surface area contributed by atoms with E-state index in [0.717, 1.165) is 0 Å². The van der Waals surface area contributed by atoms with E-state index in [2.05, 4.69) is 188 Å². The molecular weight excluding hydrogens is 629 g/mol. The SMILES string of the molecule is Cc1ccccc1-c1cc(-n2c3ccccc3c3cc(-c4ccc5c(c4)C(C)(C)c4ccccc4N5c4ccccc4)ccc32)ccc1C1CCC1. The van der Waals surface area contributed by atoms with Crippen LogP contribution < -0.4 is 4.90 Å². The van der Waals surface area contributed by atoms with E-state index in [9.17, 15) is 0 Å². The summed E-state index contributed by atoms with van der Waals surface area (Å²) in [6, 6.07) is 58.8. The Balaban J connectivity index is 1.13. The molecule has 1 aliphatic carbocycles. The lowest BCUT2D eigenvalue weighted by molar-refractivity contribution is 0.420. The lowest BCUT2D eigenvalue weighted by Gasteiger charge is -2.42. The predicted octanol–water partition coefficient (Wildman–Crippen LogP) is 13.8. The van der Waals surface area contributed by atoms with E-state index in [1.807, 2.05) is 0 Å². The fraction of sp³-hybridized carbons (Fsp3) is 0.160. The fourth-order valence-electron chi connectivity index (χ4n) is 9.04. The van der Waals surface area contributed by atoms with E-state index < -0.39 is 0 Å². The molecule has 1 aromatic heterocycles. The van der Waals surface area contributed by atoms with Gasteiger partial charge in [0.05, 0.1) is 22.4 Å². The van der Waals surface area contributed by atoms with Crippen molar-refractivity contribution in [1.29, 1.82) is 0 Å². The smallest absolute Gasteiger partial charge is 0.0541 e. The highest BCUT2D eigenvalue weighted by Gasteiger charge is 2.37. The van der Waals surface area contributed by atoms with Crippen molar-refractivity contribution < 1.29 is 0 Å². The number of para-hydroxylation sites is 3. The zero-order valence-electron chi connectivity index (χ0n) is 30.1. The molecule has 1 aliphatic heterocycles. The Labute approximate surface area is 306 Å². The van der Waals surface area contributed by atoms with Crippen molar-refractivity contribution in [3.8, 4) is 27.9 Å². The minimum absolute atomic E-state index is 0.159. The summed E-state index contributed by atoms with van der Waals surface area (Å²) >= 11 is 0. The van der Waals surface area contributed by atoms with Crippen LogP contribution >= 0.6 is 0 Å². The van der Waals surface area contributed by atoms with Gasteiger partial charge < -0.3 is 9.47 Å². The van der Waals surface area contributed by atoms with Crippen LogP contribution in [0.2, 0.25) is 0 Å². The van der Waals surface area contributed by atoms with Crippen molar-refractivity contribution in [3.05, 3.63) is 180 Å². The highest BCUT2D eigenvalue weighted by Crippen LogP contribution is 2.52. The largest absolute Gasteiger partial charge is 0.310 e. The molecule has 1 fully saturated rings. The van der Waals surface area contributed by atoms with E-state index >= 15 is 0 Å². The zero-order valence-corrected chi connectivity index (χ0v) is 30.1. The molecule has 2 heteroatoms. The van der Waals surface area contributed by atoms with Crippen LogP contribution in [0.5, 0.6) is 0 Å². The molecule has 0 N–H and O–H groups in total. The third-order valence-electron chi connectivity index (χ3n) is 12.0. The number of hydrogen-bond acceptors (Lipinski definition) is 1. The van der Waals surface area contributed by atoms with Gasteiger partial charge >= 0.3 is 0 Å². The normalized spacial score (nSPS) is 15.0. The highest BCUT2D eigenvalue weighted by molar-refractivity contribution is 6.10. The number of aryl methyl sites for hydroxylation is 1. The van der Waals surface area contributed by atoms with Crippen LogP contribution in [-0.4, -0.2) is 4.57 Å². The quantitative estimate of drug-likeness (QED) is 0.177. The first-order valence-corrected chi connectivity index (χ1v) is 18.8. The van der Waals surface area contributed by atoms with Gasteiger partial charge in [-0.1, -0.05) is 117 Å². The summed E-state index contributed by atoms with van der Waals surface area (Å²) in [4.78, 5) is 2.43. The molecule has 2 nitrogen and oxygen atoms in total. The van der Waals surface area contributed by atoms with E-state index in [1.54, 1.807) is 0 Å². The van der Waals surface area contributed by atoms with Crippen molar-refractivity contribution >= 4 is 38.9 Å². The number of rotatable bonds is 5. The summed E-state index contributed by atoms with van der Waals surface area (Å²) in [5, 5.41) is 2.56. The van der Waals surface area contributed by atoms with Crippen molar-refractivity contribution in [2.75, 3.05) is 4.90 Å². The number of benzene rings is 7. The van der Waals surface area contributed by atoms with Gasteiger partial charge in [-0.05, 0) is 131 Å². The summed E-state index contributed by atoms with van der Waals surface area (Å²) in [5.41, 5.74) is 17.9. The number of nitrogens with zero attached hydrogens (tertiary/aromatic N) is 2. The first-order chi connectivity index (χ1) is 25.5. The van der Waals surface area contributed by atoms with Gasteiger partial charge in [-0.3, -0.25) is 0 Å². The first-order valence-electron chi connectivity index (χ1n) is 18.8. The third kappa shape index (κ3) is 4.70. The molecule has 52 heavy (non-hydrogen) atoms. The van der Waals surface area contributed by atoms with E-state index in [4.69, 9.17) is 0 Å². The van der Waals surface area contributed by atoms with Gasteiger partial charge in [0.15, 0.2) is 0 Å². The first kappa shape index (κ1) is 30.9.